The number of urea groups is 1. The highest BCUT2D eigenvalue weighted by molar-refractivity contribution is 6.42. The van der Waals surface area contributed by atoms with Gasteiger partial charge < -0.3 is 20.4 Å². The lowest BCUT2D eigenvalue weighted by Crippen LogP contribution is -2.57. The molecule has 2 aliphatic rings. The summed E-state index contributed by atoms with van der Waals surface area (Å²) in [6, 6.07) is 23.9. The van der Waals surface area contributed by atoms with Gasteiger partial charge in [0, 0.05) is 37.4 Å². The van der Waals surface area contributed by atoms with E-state index in [-0.39, 0.29) is 24.0 Å². The zero-order chi connectivity index (χ0) is 30.4. The van der Waals surface area contributed by atoms with Gasteiger partial charge in [0.2, 0.25) is 0 Å². The molecule has 8 heteroatoms. The molecule has 0 bridgehead atoms. The third kappa shape index (κ3) is 7.30. The van der Waals surface area contributed by atoms with Crippen LogP contribution in [-0.2, 0) is 5.54 Å². The van der Waals surface area contributed by atoms with Gasteiger partial charge in [-0.3, -0.25) is 4.79 Å². The van der Waals surface area contributed by atoms with Crippen molar-refractivity contribution in [3.05, 3.63) is 99.5 Å². The number of piperidine rings is 1. The van der Waals surface area contributed by atoms with Crippen LogP contribution in [0.25, 0.3) is 0 Å². The van der Waals surface area contributed by atoms with Gasteiger partial charge in [0.05, 0.1) is 21.6 Å². The largest absolute Gasteiger partial charge is 0.364 e. The van der Waals surface area contributed by atoms with Crippen LogP contribution in [0.3, 0.4) is 0 Å². The Hall–Kier alpha value is -3.22. The monoisotopic (exact) mass is 620 g/mol. The minimum atomic E-state index is -0.588. The number of anilines is 1. The number of hydrogen-bond acceptors (Lipinski definition) is 3. The molecule has 0 spiro atoms. The fourth-order valence-electron chi connectivity index (χ4n) is 6.56. The zero-order valence-corrected chi connectivity index (χ0v) is 26.6. The lowest BCUT2D eigenvalue weighted by atomic mass is 9.75. The van der Waals surface area contributed by atoms with Crippen molar-refractivity contribution >= 4 is 40.8 Å². The molecule has 2 N–H and O–H groups in total. The van der Waals surface area contributed by atoms with E-state index in [4.69, 9.17) is 23.2 Å². The van der Waals surface area contributed by atoms with Gasteiger partial charge in [-0.15, -0.1) is 0 Å². The van der Waals surface area contributed by atoms with E-state index in [1.54, 1.807) is 4.90 Å². The molecule has 3 aromatic carbocycles. The molecule has 2 fully saturated rings. The summed E-state index contributed by atoms with van der Waals surface area (Å²) in [5, 5.41) is 7.68. The van der Waals surface area contributed by atoms with E-state index in [0.29, 0.717) is 35.0 Å². The topological polar surface area (TPSA) is 64.7 Å². The molecule has 43 heavy (non-hydrogen) atoms. The number of nitrogens with zero attached hydrogens (tertiary/aromatic N) is 2. The van der Waals surface area contributed by atoms with Gasteiger partial charge in [0.25, 0.3) is 5.91 Å². The molecule has 0 aromatic heterocycles. The Morgan fingerprint density at radius 1 is 0.977 bits per heavy atom. The molecule has 1 saturated carbocycles. The summed E-state index contributed by atoms with van der Waals surface area (Å²) in [7, 11) is 1.86. The third-order valence-electron chi connectivity index (χ3n) is 9.04. The number of rotatable bonds is 9. The predicted octanol–water partition coefficient (Wildman–Crippen LogP) is 8.34. The van der Waals surface area contributed by atoms with E-state index < -0.39 is 5.54 Å². The molecule has 5 rings (SSSR count). The van der Waals surface area contributed by atoms with E-state index >= 15 is 0 Å². The summed E-state index contributed by atoms with van der Waals surface area (Å²) in [5.74, 6) is 0.0280. The molecular weight excluding hydrogens is 579 g/mol. The second kappa shape index (κ2) is 14.0. The molecule has 1 aliphatic carbocycles. The van der Waals surface area contributed by atoms with E-state index in [0.717, 1.165) is 61.9 Å². The molecule has 1 heterocycles. The summed E-state index contributed by atoms with van der Waals surface area (Å²) in [4.78, 5) is 30.6. The molecule has 6 nitrogen and oxygen atoms in total. The first kappa shape index (κ1) is 31.2. The van der Waals surface area contributed by atoms with Gasteiger partial charge in [-0.2, -0.15) is 0 Å². The minimum Gasteiger partial charge on any atom is -0.364 e. The van der Waals surface area contributed by atoms with Crippen molar-refractivity contribution in [1.82, 2.24) is 15.5 Å². The minimum absolute atomic E-state index is 0.0280. The Bertz CT molecular complexity index is 1390. The number of carbonyl (C=O) groups excluding carboxylic acids is 2. The van der Waals surface area contributed by atoms with Crippen LogP contribution in [0.5, 0.6) is 0 Å². The first-order valence-electron chi connectivity index (χ1n) is 15.5. The SMILES string of the molecule is CCCCN(C)C(=O)c1ccc(N2CCC(NC(=O)NC3CCCC3)(c3ccccc3)CC2c2ccc(Cl)c(Cl)c2)cc1. The molecular formula is C35H42Cl2N4O2. The molecule has 228 valence electrons. The first-order valence-corrected chi connectivity index (χ1v) is 16.3. The maximum Gasteiger partial charge on any atom is 0.315 e. The normalized spacial score (nSPS) is 20.6. The van der Waals surface area contributed by atoms with Gasteiger partial charge in [-0.1, -0.05) is 85.8 Å². The van der Waals surface area contributed by atoms with Gasteiger partial charge in [-0.25, -0.2) is 4.79 Å². The van der Waals surface area contributed by atoms with Crippen LogP contribution in [0.4, 0.5) is 10.5 Å². The van der Waals surface area contributed by atoms with Gasteiger partial charge in [0.1, 0.15) is 0 Å². The van der Waals surface area contributed by atoms with E-state index in [1.807, 2.05) is 67.7 Å². The highest BCUT2D eigenvalue weighted by Crippen LogP contribution is 2.45. The van der Waals surface area contributed by atoms with Crippen molar-refractivity contribution in [3.8, 4) is 0 Å². The maximum atomic E-state index is 13.5. The summed E-state index contributed by atoms with van der Waals surface area (Å²) in [6.45, 7) is 3.55. The number of carbonyl (C=O) groups is 2. The van der Waals surface area contributed by atoms with Gasteiger partial charge >= 0.3 is 6.03 Å². The fraction of sp³-hybridized carbons (Fsp3) is 0.429. The average Bonchev–Trinajstić information content (AvgIpc) is 3.54. The Morgan fingerprint density at radius 2 is 1.70 bits per heavy atom. The second-order valence-electron chi connectivity index (χ2n) is 12.0. The average molecular weight is 622 g/mol. The number of amides is 3. The van der Waals surface area contributed by atoms with Crippen LogP contribution >= 0.6 is 23.2 Å². The van der Waals surface area contributed by atoms with Crippen molar-refractivity contribution in [3.63, 3.8) is 0 Å². The number of halogens is 2. The summed E-state index contributed by atoms with van der Waals surface area (Å²) in [5.41, 5.74) is 3.20. The number of unbranched alkanes of at least 4 members (excludes halogenated alkanes) is 1. The standard InChI is InChI=1S/C35H42Cl2N4O2/c1-3-4-21-40(2)33(42)25-14-17-29(18-15-25)41-22-20-35(27-10-6-5-7-11-27,39-34(43)38-28-12-8-9-13-28)24-32(41)26-16-19-30(36)31(37)23-26/h5-7,10-11,14-19,23,28,32H,3-4,8-9,12-13,20-22,24H2,1-2H3,(H2,38,39,43). The zero-order valence-electron chi connectivity index (χ0n) is 25.1. The Labute approximate surface area is 265 Å². The fourth-order valence-corrected chi connectivity index (χ4v) is 6.87. The summed E-state index contributed by atoms with van der Waals surface area (Å²) in [6.07, 6.45) is 7.74. The molecule has 0 radical (unpaired) electrons. The maximum absolute atomic E-state index is 13.5. The lowest BCUT2D eigenvalue weighted by molar-refractivity contribution is 0.0793. The van der Waals surface area contributed by atoms with Crippen LogP contribution in [-0.4, -0.2) is 43.0 Å². The Kier molecular flexibility index (Phi) is 10.2. The predicted molar refractivity (Wildman–Crippen MR) is 176 cm³/mol. The third-order valence-corrected chi connectivity index (χ3v) is 9.77. The molecule has 3 amide bonds. The highest BCUT2D eigenvalue weighted by atomic mass is 35.5. The Morgan fingerprint density at radius 3 is 2.37 bits per heavy atom. The van der Waals surface area contributed by atoms with Gasteiger partial charge in [-0.05, 0) is 79.6 Å². The second-order valence-corrected chi connectivity index (χ2v) is 12.8. The number of benzene rings is 3. The molecule has 1 saturated heterocycles. The van der Waals surface area contributed by atoms with Crippen LogP contribution in [0.15, 0.2) is 72.8 Å². The van der Waals surface area contributed by atoms with Crippen molar-refractivity contribution in [2.24, 2.45) is 0 Å². The molecule has 1 aliphatic heterocycles. The molecule has 2 unspecified atom stereocenters. The van der Waals surface area contributed by atoms with Crippen molar-refractivity contribution in [2.45, 2.75) is 75.9 Å². The Balaban J connectivity index is 1.47. The molecule has 3 aromatic rings. The van der Waals surface area contributed by atoms with E-state index in [1.165, 1.54) is 0 Å². The van der Waals surface area contributed by atoms with Gasteiger partial charge in [0.15, 0.2) is 0 Å². The highest BCUT2D eigenvalue weighted by Gasteiger charge is 2.43. The van der Waals surface area contributed by atoms with Crippen LogP contribution in [0.1, 0.15) is 85.8 Å². The quantitative estimate of drug-likeness (QED) is 0.253. The number of hydrogen-bond donors (Lipinski definition) is 2. The van der Waals surface area contributed by atoms with E-state index in [9.17, 15) is 9.59 Å². The van der Waals surface area contributed by atoms with E-state index in [2.05, 4.69) is 34.6 Å². The first-order chi connectivity index (χ1) is 20.8. The van der Waals surface area contributed by atoms with Crippen LogP contribution in [0, 0.1) is 0 Å². The number of nitrogens with one attached hydrogen (secondary N) is 2. The van der Waals surface area contributed by atoms with Crippen molar-refractivity contribution in [1.29, 1.82) is 0 Å². The summed E-state index contributed by atoms with van der Waals surface area (Å²) >= 11 is 12.9. The molecule has 2 atom stereocenters. The van der Waals surface area contributed by atoms with Crippen LogP contribution in [0.2, 0.25) is 10.0 Å². The van der Waals surface area contributed by atoms with Crippen molar-refractivity contribution < 1.29 is 9.59 Å². The van der Waals surface area contributed by atoms with Crippen molar-refractivity contribution in [2.75, 3.05) is 25.0 Å². The lowest BCUT2D eigenvalue weighted by Gasteiger charge is -2.48. The smallest absolute Gasteiger partial charge is 0.315 e. The summed E-state index contributed by atoms with van der Waals surface area (Å²) < 4.78 is 0. The van der Waals surface area contributed by atoms with Crippen LogP contribution < -0.4 is 15.5 Å².